The molecule has 4 aromatic rings. The molecule has 2 heterocycles. The van der Waals surface area contributed by atoms with E-state index in [-0.39, 0.29) is 5.91 Å². The molecule has 5 rings (SSSR count). The average Bonchev–Trinajstić information content (AvgIpc) is 3.38. The van der Waals surface area contributed by atoms with Crippen LogP contribution in [-0.2, 0) is 17.8 Å². The number of amides is 1. The molecule has 1 aliphatic heterocycles. The molecule has 0 spiro atoms. The predicted octanol–water partition coefficient (Wildman–Crippen LogP) is 4.68. The number of morpholine rings is 1. The van der Waals surface area contributed by atoms with Crippen molar-refractivity contribution in [1.82, 2.24) is 14.7 Å². The van der Waals surface area contributed by atoms with Gasteiger partial charge in [-0.3, -0.25) is 14.4 Å². The van der Waals surface area contributed by atoms with Crippen LogP contribution >= 0.6 is 0 Å². The molecule has 0 atom stereocenters. The highest BCUT2D eigenvalue weighted by atomic mass is 16.5. The molecule has 0 unspecified atom stereocenters. The van der Waals surface area contributed by atoms with Gasteiger partial charge in [0.2, 0.25) is 0 Å². The van der Waals surface area contributed by atoms with E-state index in [0.29, 0.717) is 5.56 Å². The lowest BCUT2D eigenvalue weighted by atomic mass is 9.98. The number of rotatable bonds is 7. The summed E-state index contributed by atoms with van der Waals surface area (Å²) in [5.74, 6) is -0.111. The molecule has 0 bridgehead atoms. The molecule has 1 fully saturated rings. The molecule has 1 aromatic heterocycles. The first kappa shape index (κ1) is 22.1. The van der Waals surface area contributed by atoms with E-state index in [9.17, 15) is 4.79 Å². The number of ether oxygens (including phenoxy) is 1. The summed E-state index contributed by atoms with van der Waals surface area (Å²) in [5.41, 5.74) is 5.72. The van der Waals surface area contributed by atoms with Crippen LogP contribution in [0.15, 0.2) is 91.3 Å². The summed E-state index contributed by atoms with van der Waals surface area (Å²) in [6, 6.07) is 26.0. The molecular weight excluding hydrogens is 424 g/mol. The topological polar surface area (TPSA) is 59.4 Å². The lowest BCUT2D eigenvalue weighted by Crippen LogP contribution is -2.35. The van der Waals surface area contributed by atoms with Gasteiger partial charge in [-0.2, -0.15) is 5.10 Å². The first-order chi connectivity index (χ1) is 16.7. The van der Waals surface area contributed by atoms with Crippen molar-refractivity contribution in [3.63, 3.8) is 0 Å². The van der Waals surface area contributed by atoms with E-state index in [1.807, 2.05) is 53.3 Å². The van der Waals surface area contributed by atoms with Crippen molar-refractivity contribution in [1.29, 1.82) is 0 Å². The highest BCUT2D eigenvalue weighted by Gasteiger charge is 2.14. The standard InChI is InChI=1S/C28H28N4O2/c33-28(30-25-6-3-5-23(19-25)20-31-15-17-34-18-16-31)27-8-2-1-7-26(27)24-11-9-22(10-12-24)21-32-14-4-13-29-32/h1-14,19H,15-18,20-21H2,(H,30,33). The van der Waals surface area contributed by atoms with Crippen LogP contribution in [0.3, 0.4) is 0 Å². The van der Waals surface area contributed by atoms with Crippen LogP contribution in [0.25, 0.3) is 11.1 Å². The van der Waals surface area contributed by atoms with Gasteiger partial charge >= 0.3 is 0 Å². The number of anilines is 1. The summed E-state index contributed by atoms with van der Waals surface area (Å²) in [6.45, 7) is 5.00. The summed E-state index contributed by atoms with van der Waals surface area (Å²) >= 11 is 0. The molecule has 1 saturated heterocycles. The van der Waals surface area contributed by atoms with Gasteiger partial charge in [-0.1, -0.05) is 54.6 Å². The fourth-order valence-corrected chi connectivity index (χ4v) is 4.27. The van der Waals surface area contributed by atoms with Crippen molar-refractivity contribution in [3.05, 3.63) is 108 Å². The van der Waals surface area contributed by atoms with E-state index in [4.69, 9.17) is 4.74 Å². The van der Waals surface area contributed by atoms with Crippen LogP contribution in [-0.4, -0.2) is 46.9 Å². The molecule has 6 heteroatoms. The Bertz CT molecular complexity index is 1230. The SMILES string of the molecule is O=C(Nc1cccc(CN2CCOCC2)c1)c1ccccc1-c1ccc(Cn2cccn2)cc1. The Hall–Kier alpha value is -3.74. The number of hydrogen-bond donors (Lipinski definition) is 1. The molecule has 0 aliphatic carbocycles. The summed E-state index contributed by atoms with van der Waals surface area (Å²) in [4.78, 5) is 15.6. The second-order valence-electron chi connectivity index (χ2n) is 8.49. The first-order valence-electron chi connectivity index (χ1n) is 11.6. The van der Waals surface area contributed by atoms with Crippen molar-refractivity contribution >= 4 is 11.6 Å². The van der Waals surface area contributed by atoms with E-state index in [0.717, 1.165) is 61.8 Å². The second-order valence-corrected chi connectivity index (χ2v) is 8.49. The lowest BCUT2D eigenvalue weighted by molar-refractivity contribution is 0.0342. The van der Waals surface area contributed by atoms with E-state index in [1.54, 1.807) is 6.20 Å². The van der Waals surface area contributed by atoms with Crippen LogP contribution in [0, 0.1) is 0 Å². The van der Waals surface area contributed by atoms with Crippen LogP contribution in [0.4, 0.5) is 5.69 Å². The van der Waals surface area contributed by atoms with E-state index < -0.39 is 0 Å². The Labute approximate surface area is 199 Å². The Balaban J connectivity index is 1.30. The minimum atomic E-state index is -0.111. The van der Waals surface area contributed by atoms with Gasteiger partial charge in [-0.15, -0.1) is 0 Å². The lowest BCUT2D eigenvalue weighted by Gasteiger charge is -2.26. The maximum atomic E-state index is 13.2. The number of benzene rings is 3. The zero-order valence-corrected chi connectivity index (χ0v) is 19.1. The van der Waals surface area contributed by atoms with Crippen molar-refractivity contribution in [2.75, 3.05) is 31.6 Å². The summed E-state index contributed by atoms with van der Waals surface area (Å²) in [5, 5.41) is 7.36. The highest BCUT2D eigenvalue weighted by Crippen LogP contribution is 2.25. The van der Waals surface area contributed by atoms with E-state index in [1.165, 1.54) is 5.56 Å². The molecule has 172 valence electrons. The highest BCUT2D eigenvalue weighted by molar-refractivity contribution is 6.08. The Morgan fingerprint density at radius 2 is 1.71 bits per heavy atom. The number of nitrogens with zero attached hydrogens (tertiary/aromatic N) is 3. The molecule has 1 N–H and O–H groups in total. The Kier molecular flexibility index (Phi) is 6.79. The number of aromatic nitrogens is 2. The van der Waals surface area contributed by atoms with Gasteiger partial charge < -0.3 is 10.1 Å². The number of nitrogens with one attached hydrogen (secondary N) is 1. The van der Waals surface area contributed by atoms with Crippen molar-refractivity contribution < 1.29 is 9.53 Å². The van der Waals surface area contributed by atoms with Gasteiger partial charge in [0.1, 0.15) is 0 Å². The summed E-state index contributed by atoms with van der Waals surface area (Å²) in [6.07, 6.45) is 3.73. The van der Waals surface area contributed by atoms with Gasteiger partial charge in [0, 0.05) is 43.3 Å². The van der Waals surface area contributed by atoms with Crippen molar-refractivity contribution in [3.8, 4) is 11.1 Å². The Morgan fingerprint density at radius 3 is 2.50 bits per heavy atom. The summed E-state index contributed by atoms with van der Waals surface area (Å²) in [7, 11) is 0. The summed E-state index contributed by atoms with van der Waals surface area (Å²) < 4.78 is 7.33. The van der Waals surface area contributed by atoms with Crippen molar-refractivity contribution in [2.24, 2.45) is 0 Å². The number of carbonyl (C=O) groups is 1. The largest absolute Gasteiger partial charge is 0.379 e. The Morgan fingerprint density at radius 1 is 0.882 bits per heavy atom. The fourth-order valence-electron chi connectivity index (χ4n) is 4.27. The molecule has 34 heavy (non-hydrogen) atoms. The van der Waals surface area contributed by atoms with Crippen LogP contribution in [0.2, 0.25) is 0 Å². The van der Waals surface area contributed by atoms with Gasteiger partial charge in [-0.25, -0.2) is 0 Å². The van der Waals surface area contributed by atoms with Crippen LogP contribution in [0.5, 0.6) is 0 Å². The molecule has 3 aromatic carbocycles. The molecule has 1 amide bonds. The number of hydrogen-bond acceptors (Lipinski definition) is 4. The molecule has 1 aliphatic rings. The molecular formula is C28H28N4O2. The monoisotopic (exact) mass is 452 g/mol. The van der Waals surface area contributed by atoms with Gasteiger partial charge in [0.25, 0.3) is 5.91 Å². The third-order valence-electron chi connectivity index (χ3n) is 6.04. The van der Waals surface area contributed by atoms with Crippen LogP contribution in [0.1, 0.15) is 21.5 Å². The molecule has 6 nitrogen and oxygen atoms in total. The third kappa shape index (κ3) is 5.42. The smallest absolute Gasteiger partial charge is 0.256 e. The van der Waals surface area contributed by atoms with Crippen LogP contribution < -0.4 is 5.32 Å². The minimum absolute atomic E-state index is 0.111. The zero-order chi connectivity index (χ0) is 23.2. The average molecular weight is 453 g/mol. The minimum Gasteiger partial charge on any atom is -0.379 e. The maximum Gasteiger partial charge on any atom is 0.256 e. The normalized spacial score (nSPS) is 14.1. The zero-order valence-electron chi connectivity index (χ0n) is 19.1. The predicted molar refractivity (Wildman–Crippen MR) is 134 cm³/mol. The molecule has 0 radical (unpaired) electrons. The van der Waals surface area contributed by atoms with Gasteiger partial charge in [-0.05, 0) is 46.5 Å². The molecule has 0 saturated carbocycles. The quantitative estimate of drug-likeness (QED) is 0.442. The van der Waals surface area contributed by atoms with Crippen molar-refractivity contribution in [2.45, 2.75) is 13.1 Å². The maximum absolute atomic E-state index is 13.2. The number of carbonyl (C=O) groups excluding carboxylic acids is 1. The fraction of sp³-hybridized carbons (Fsp3) is 0.214. The van der Waals surface area contributed by atoms with Gasteiger partial charge in [0.15, 0.2) is 0 Å². The van der Waals surface area contributed by atoms with Gasteiger partial charge in [0.05, 0.1) is 19.8 Å². The van der Waals surface area contributed by atoms with E-state index >= 15 is 0 Å². The van der Waals surface area contributed by atoms with E-state index in [2.05, 4.69) is 51.7 Å². The first-order valence-corrected chi connectivity index (χ1v) is 11.6. The second kappa shape index (κ2) is 10.5. The third-order valence-corrected chi connectivity index (χ3v) is 6.04.